The molecular weight excluding hydrogens is 464 g/mol. The van der Waals surface area contributed by atoms with Gasteiger partial charge in [0.1, 0.15) is 17.7 Å². The topological polar surface area (TPSA) is 53.4 Å². The van der Waals surface area contributed by atoms with Crippen molar-refractivity contribution in [1.29, 1.82) is 0 Å². The highest BCUT2D eigenvalue weighted by Gasteiger charge is 2.37. The van der Waals surface area contributed by atoms with Crippen LogP contribution in [0.4, 0.5) is 15.9 Å². The molecule has 170 valence electrons. The lowest BCUT2D eigenvalue weighted by atomic mass is 9.94. The Morgan fingerprint density at radius 2 is 1.79 bits per heavy atom. The van der Waals surface area contributed by atoms with Gasteiger partial charge in [-0.15, -0.1) is 0 Å². The number of carbonyl (C=O) groups is 1. The number of amides is 1. The molecule has 0 spiro atoms. The third-order valence-corrected chi connectivity index (χ3v) is 7.01. The number of halogens is 3. The fraction of sp³-hybridized carbons (Fsp3) is 0.250. The lowest BCUT2D eigenvalue weighted by molar-refractivity contribution is -0.127. The fourth-order valence-corrected chi connectivity index (χ4v) is 4.90. The molecule has 1 aromatic heterocycles. The minimum Gasteiger partial charge on any atom is -0.368 e. The largest absolute Gasteiger partial charge is 0.368 e. The molecular formula is C24H22Cl2FN5O. The monoisotopic (exact) mass is 485 g/mol. The van der Waals surface area contributed by atoms with Crippen LogP contribution in [0.25, 0.3) is 0 Å². The maximum absolute atomic E-state index is 13.8. The van der Waals surface area contributed by atoms with E-state index in [0.717, 1.165) is 22.8 Å². The van der Waals surface area contributed by atoms with Gasteiger partial charge in [-0.2, -0.15) is 5.10 Å². The number of nitrogens with zero attached hydrogens (tertiary/aromatic N) is 4. The number of piperazine rings is 1. The summed E-state index contributed by atoms with van der Waals surface area (Å²) < 4.78 is 15.0. The van der Waals surface area contributed by atoms with E-state index in [0.29, 0.717) is 41.8 Å². The van der Waals surface area contributed by atoms with Gasteiger partial charge in [0.25, 0.3) is 5.91 Å². The van der Waals surface area contributed by atoms with Gasteiger partial charge in [-0.3, -0.25) is 4.79 Å². The molecule has 0 saturated carbocycles. The van der Waals surface area contributed by atoms with E-state index < -0.39 is 6.04 Å². The maximum atomic E-state index is 13.8. The Balaban J connectivity index is 1.44. The predicted molar refractivity (Wildman–Crippen MR) is 128 cm³/mol. The average Bonchev–Trinajstić information content (AvgIpc) is 3.28. The highest BCUT2D eigenvalue weighted by atomic mass is 35.5. The van der Waals surface area contributed by atoms with E-state index in [1.165, 1.54) is 12.1 Å². The molecule has 0 bridgehead atoms. The lowest BCUT2D eigenvalue weighted by Gasteiger charge is -2.38. The third-order valence-electron chi connectivity index (χ3n) is 6.17. The van der Waals surface area contributed by atoms with E-state index >= 15 is 0 Å². The number of fused-ring (bicyclic) bond motifs is 1. The Kier molecular flexibility index (Phi) is 5.76. The normalized spacial score (nSPS) is 18.2. The van der Waals surface area contributed by atoms with Gasteiger partial charge in [0, 0.05) is 49.2 Å². The first-order valence-electron chi connectivity index (χ1n) is 10.7. The molecule has 1 atom stereocenters. The molecule has 1 N–H and O–H groups in total. The first kappa shape index (κ1) is 21.8. The van der Waals surface area contributed by atoms with Crippen LogP contribution in [-0.4, -0.2) is 46.8 Å². The van der Waals surface area contributed by atoms with E-state index in [1.54, 1.807) is 29.1 Å². The molecule has 2 aromatic carbocycles. The minimum atomic E-state index is -0.495. The summed E-state index contributed by atoms with van der Waals surface area (Å²) in [7, 11) is 0. The summed E-state index contributed by atoms with van der Waals surface area (Å²) in [6.07, 6.45) is 1.69. The van der Waals surface area contributed by atoms with Crippen molar-refractivity contribution >= 4 is 40.6 Å². The summed E-state index contributed by atoms with van der Waals surface area (Å²) in [6.45, 7) is 4.31. The first-order valence-corrected chi connectivity index (χ1v) is 11.4. The lowest BCUT2D eigenvalue weighted by Crippen LogP contribution is -2.50. The van der Waals surface area contributed by atoms with Crippen LogP contribution in [-0.2, 0) is 4.79 Å². The summed E-state index contributed by atoms with van der Waals surface area (Å²) in [6, 6.07) is 13.2. The van der Waals surface area contributed by atoms with Crippen LogP contribution in [0.15, 0.2) is 66.0 Å². The van der Waals surface area contributed by atoms with Gasteiger partial charge >= 0.3 is 0 Å². The standard InChI is InChI=1S/C24H22Cl2FN5O/c1-15-21(24(33)31-13-11-30(12-14-31)17-7-5-16(27)6-8-17)23(32-20(29-15)9-10-28-32)18-3-2-4-19(25)22(18)26/h2-10,23,29H,11-14H2,1H3/t23-/m0/s1. The van der Waals surface area contributed by atoms with Crippen molar-refractivity contribution < 1.29 is 9.18 Å². The van der Waals surface area contributed by atoms with Crippen molar-refractivity contribution in [3.05, 3.63) is 87.4 Å². The molecule has 9 heteroatoms. The second-order valence-corrected chi connectivity index (χ2v) is 8.91. The van der Waals surface area contributed by atoms with Crippen molar-refractivity contribution in [1.82, 2.24) is 14.7 Å². The summed E-state index contributed by atoms with van der Waals surface area (Å²) in [5.41, 5.74) is 3.02. The Hall–Kier alpha value is -3.03. The van der Waals surface area contributed by atoms with Gasteiger partial charge in [0.05, 0.1) is 21.8 Å². The van der Waals surface area contributed by atoms with Gasteiger partial charge in [0.2, 0.25) is 0 Å². The van der Waals surface area contributed by atoms with Crippen LogP contribution in [0.1, 0.15) is 18.5 Å². The van der Waals surface area contributed by atoms with Crippen LogP contribution in [0, 0.1) is 5.82 Å². The molecule has 2 aliphatic rings. The summed E-state index contributed by atoms with van der Waals surface area (Å²) >= 11 is 12.9. The zero-order valence-electron chi connectivity index (χ0n) is 17.9. The Labute approximate surface area is 201 Å². The Bertz CT molecular complexity index is 1230. The van der Waals surface area contributed by atoms with Crippen molar-refractivity contribution in [2.45, 2.75) is 13.0 Å². The number of hydrogen-bond acceptors (Lipinski definition) is 4. The van der Waals surface area contributed by atoms with Gasteiger partial charge in [-0.1, -0.05) is 35.3 Å². The molecule has 0 aliphatic carbocycles. The van der Waals surface area contributed by atoms with Gasteiger partial charge in [-0.25, -0.2) is 9.07 Å². The summed E-state index contributed by atoms with van der Waals surface area (Å²) in [5, 5.41) is 8.60. The molecule has 1 saturated heterocycles. The van der Waals surface area contributed by atoms with E-state index in [4.69, 9.17) is 23.2 Å². The van der Waals surface area contributed by atoms with Crippen molar-refractivity contribution in [3.63, 3.8) is 0 Å². The molecule has 33 heavy (non-hydrogen) atoms. The average molecular weight is 486 g/mol. The molecule has 0 unspecified atom stereocenters. The predicted octanol–water partition coefficient (Wildman–Crippen LogP) is 4.97. The van der Waals surface area contributed by atoms with Crippen molar-refractivity contribution in [2.75, 3.05) is 36.4 Å². The second kappa shape index (κ2) is 8.72. The van der Waals surface area contributed by atoms with Crippen molar-refractivity contribution in [3.8, 4) is 0 Å². The van der Waals surface area contributed by atoms with Crippen LogP contribution in [0.5, 0.6) is 0 Å². The molecule has 1 amide bonds. The molecule has 2 aliphatic heterocycles. The van der Waals surface area contributed by atoms with Gasteiger partial charge in [0.15, 0.2) is 0 Å². The molecule has 0 radical (unpaired) electrons. The van der Waals surface area contributed by atoms with E-state index in [9.17, 15) is 9.18 Å². The number of benzene rings is 2. The SMILES string of the molecule is CC1=C(C(=O)N2CCN(c3ccc(F)cc3)CC2)[C@H](c2cccc(Cl)c2Cl)n2nccc2N1. The Morgan fingerprint density at radius 3 is 2.52 bits per heavy atom. The van der Waals surface area contributed by atoms with E-state index in [2.05, 4.69) is 15.3 Å². The first-order chi connectivity index (χ1) is 15.9. The highest BCUT2D eigenvalue weighted by Crippen LogP contribution is 2.41. The number of nitrogens with one attached hydrogen (secondary N) is 1. The number of aromatic nitrogens is 2. The number of rotatable bonds is 3. The Morgan fingerprint density at radius 1 is 1.06 bits per heavy atom. The third kappa shape index (κ3) is 3.96. The zero-order chi connectivity index (χ0) is 23.1. The maximum Gasteiger partial charge on any atom is 0.254 e. The molecule has 5 rings (SSSR count). The molecule has 6 nitrogen and oxygen atoms in total. The second-order valence-electron chi connectivity index (χ2n) is 8.13. The number of anilines is 2. The summed E-state index contributed by atoms with van der Waals surface area (Å²) in [4.78, 5) is 17.8. The van der Waals surface area contributed by atoms with E-state index in [1.807, 2.05) is 30.0 Å². The zero-order valence-corrected chi connectivity index (χ0v) is 19.4. The van der Waals surface area contributed by atoms with Crippen LogP contribution >= 0.6 is 23.2 Å². The van der Waals surface area contributed by atoms with Crippen LogP contribution < -0.4 is 10.2 Å². The fourth-order valence-electron chi connectivity index (χ4n) is 4.49. The quantitative estimate of drug-likeness (QED) is 0.569. The van der Waals surface area contributed by atoms with Crippen molar-refractivity contribution in [2.24, 2.45) is 0 Å². The number of carbonyl (C=O) groups excluding carboxylic acids is 1. The van der Waals surface area contributed by atoms with Crippen LogP contribution in [0.2, 0.25) is 10.0 Å². The number of allylic oxidation sites excluding steroid dienone is 1. The molecule has 3 aromatic rings. The van der Waals surface area contributed by atoms with Crippen LogP contribution in [0.3, 0.4) is 0 Å². The number of hydrogen-bond donors (Lipinski definition) is 1. The minimum absolute atomic E-state index is 0.0686. The van der Waals surface area contributed by atoms with Gasteiger partial charge in [-0.05, 0) is 37.3 Å². The van der Waals surface area contributed by atoms with Gasteiger partial charge < -0.3 is 15.1 Å². The highest BCUT2D eigenvalue weighted by molar-refractivity contribution is 6.42. The molecule has 1 fully saturated rings. The smallest absolute Gasteiger partial charge is 0.254 e. The van der Waals surface area contributed by atoms with E-state index in [-0.39, 0.29) is 11.7 Å². The molecule has 3 heterocycles. The summed E-state index contributed by atoms with van der Waals surface area (Å²) in [5.74, 6) is 0.454.